The normalized spacial score (nSPS) is 11.1. The topological polar surface area (TPSA) is 71.0 Å². The summed E-state index contributed by atoms with van der Waals surface area (Å²) in [5.41, 5.74) is 2.18. The summed E-state index contributed by atoms with van der Waals surface area (Å²) in [6.45, 7) is 3.90. The second-order valence-electron chi connectivity index (χ2n) is 4.84. The molecule has 0 spiro atoms. The zero-order chi connectivity index (χ0) is 15.7. The van der Waals surface area contributed by atoms with Crippen molar-refractivity contribution in [3.63, 3.8) is 0 Å². The molecular weight excluding hydrogens is 296 g/mol. The van der Waals surface area contributed by atoms with E-state index in [4.69, 9.17) is 5.26 Å². The van der Waals surface area contributed by atoms with E-state index in [1.54, 1.807) is 30.5 Å². The Kier molecular flexibility index (Phi) is 3.57. The van der Waals surface area contributed by atoms with Gasteiger partial charge in [-0.05, 0) is 37.1 Å². The molecule has 2 aromatic heterocycles. The molecule has 0 fully saturated rings. The smallest absolute Gasteiger partial charge is 0.267 e. The molecule has 0 saturated carbocycles. The maximum absolute atomic E-state index is 12.5. The van der Waals surface area contributed by atoms with Crippen LogP contribution in [0.1, 0.15) is 21.6 Å². The van der Waals surface area contributed by atoms with E-state index in [9.17, 15) is 4.79 Å². The second-order valence-corrected chi connectivity index (χ2v) is 6.04. The number of aryl methyl sites for hydroxylation is 2. The van der Waals surface area contributed by atoms with Gasteiger partial charge in [-0.3, -0.25) is 4.79 Å². The quantitative estimate of drug-likeness (QED) is 0.683. The van der Waals surface area contributed by atoms with Gasteiger partial charge < -0.3 is 0 Å². The van der Waals surface area contributed by atoms with Crippen molar-refractivity contribution in [3.05, 3.63) is 62.5 Å². The number of thiophene rings is 1. The summed E-state index contributed by atoms with van der Waals surface area (Å²) < 4.78 is 1.24. The van der Waals surface area contributed by atoms with Gasteiger partial charge in [-0.25, -0.2) is 4.98 Å². The van der Waals surface area contributed by atoms with Crippen LogP contribution in [0, 0.1) is 25.2 Å². The Balaban J connectivity index is 2.01. The monoisotopic (exact) mass is 308 g/mol. The first-order valence-corrected chi connectivity index (χ1v) is 7.43. The van der Waals surface area contributed by atoms with Crippen LogP contribution in [-0.4, -0.2) is 15.9 Å². The van der Waals surface area contributed by atoms with Gasteiger partial charge in [0, 0.05) is 4.88 Å². The van der Waals surface area contributed by atoms with Crippen LogP contribution >= 0.6 is 11.3 Å². The molecule has 6 heteroatoms. The summed E-state index contributed by atoms with van der Waals surface area (Å²) in [5, 5.41) is 13.6. The number of benzene rings is 1. The highest BCUT2D eigenvalue weighted by Gasteiger charge is 2.11. The van der Waals surface area contributed by atoms with E-state index >= 15 is 0 Å². The van der Waals surface area contributed by atoms with Crippen LogP contribution in [0.4, 0.5) is 0 Å². The second kappa shape index (κ2) is 5.54. The van der Waals surface area contributed by atoms with Crippen molar-refractivity contribution in [2.24, 2.45) is 5.10 Å². The Morgan fingerprint density at radius 3 is 2.73 bits per heavy atom. The molecule has 0 N–H and O–H groups in total. The Hall–Kier alpha value is -2.78. The lowest BCUT2D eigenvalue weighted by Gasteiger charge is -1.98. The van der Waals surface area contributed by atoms with Crippen LogP contribution in [0.5, 0.6) is 0 Å². The average Bonchev–Trinajstić information content (AvgIpc) is 2.83. The molecule has 0 unspecified atom stereocenters. The molecule has 0 amide bonds. The van der Waals surface area contributed by atoms with E-state index in [1.165, 1.54) is 22.3 Å². The van der Waals surface area contributed by atoms with Crippen molar-refractivity contribution in [2.75, 3.05) is 0 Å². The molecule has 0 aliphatic rings. The molecule has 0 radical (unpaired) electrons. The van der Waals surface area contributed by atoms with Crippen LogP contribution < -0.4 is 5.56 Å². The number of aromatic nitrogens is 2. The van der Waals surface area contributed by atoms with E-state index in [0.717, 1.165) is 20.8 Å². The Morgan fingerprint density at radius 1 is 1.32 bits per heavy atom. The van der Waals surface area contributed by atoms with Gasteiger partial charge in [-0.15, -0.1) is 11.3 Å². The first-order valence-electron chi connectivity index (χ1n) is 6.62. The van der Waals surface area contributed by atoms with Crippen molar-refractivity contribution >= 4 is 27.8 Å². The third-order valence-electron chi connectivity index (χ3n) is 3.44. The Labute approximate surface area is 130 Å². The van der Waals surface area contributed by atoms with Crippen LogP contribution in [0.3, 0.4) is 0 Å². The molecule has 108 valence electrons. The zero-order valence-corrected chi connectivity index (χ0v) is 12.9. The molecule has 3 aromatic rings. The molecule has 0 bridgehead atoms. The molecule has 0 atom stereocenters. The van der Waals surface area contributed by atoms with Crippen molar-refractivity contribution in [1.82, 2.24) is 9.66 Å². The number of nitriles is 1. The highest BCUT2D eigenvalue weighted by molar-refractivity contribution is 7.18. The molecule has 22 heavy (non-hydrogen) atoms. The van der Waals surface area contributed by atoms with Crippen LogP contribution in [0.15, 0.2) is 40.5 Å². The van der Waals surface area contributed by atoms with Gasteiger partial charge in [0.1, 0.15) is 11.2 Å². The number of hydrogen-bond acceptors (Lipinski definition) is 5. The highest BCUT2D eigenvalue weighted by Crippen LogP contribution is 2.25. The van der Waals surface area contributed by atoms with Gasteiger partial charge >= 0.3 is 0 Å². The molecular formula is C16H12N4OS. The van der Waals surface area contributed by atoms with Crippen molar-refractivity contribution in [2.45, 2.75) is 13.8 Å². The third-order valence-corrected chi connectivity index (χ3v) is 4.56. The summed E-state index contributed by atoms with van der Waals surface area (Å²) in [6.07, 6.45) is 3.00. The Bertz CT molecular complexity index is 974. The summed E-state index contributed by atoms with van der Waals surface area (Å²) in [7, 11) is 0. The van der Waals surface area contributed by atoms with Crippen LogP contribution in [0.25, 0.3) is 10.2 Å². The maximum Gasteiger partial charge on any atom is 0.282 e. The maximum atomic E-state index is 12.5. The molecule has 2 heterocycles. The van der Waals surface area contributed by atoms with E-state index in [1.807, 2.05) is 13.8 Å². The third kappa shape index (κ3) is 2.43. The van der Waals surface area contributed by atoms with E-state index in [0.29, 0.717) is 10.9 Å². The van der Waals surface area contributed by atoms with Gasteiger partial charge in [-0.1, -0.05) is 12.1 Å². The van der Waals surface area contributed by atoms with E-state index < -0.39 is 0 Å². The number of rotatable bonds is 2. The predicted octanol–water partition coefficient (Wildman–Crippen LogP) is 2.83. The van der Waals surface area contributed by atoms with Crippen molar-refractivity contribution in [1.29, 1.82) is 5.26 Å². The fourth-order valence-electron chi connectivity index (χ4n) is 2.08. The minimum atomic E-state index is -0.170. The number of hydrogen-bond donors (Lipinski definition) is 0. The Morgan fingerprint density at radius 2 is 2.05 bits per heavy atom. The summed E-state index contributed by atoms with van der Waals surface area (Å²) in [4.78, 5) is 18.6. The molecule has 3 rings (SSSR count). The average molecular weight is 308 g/mol. The SMILES string of the molecule is Cc1sc2ncn(/N=C/c3ccc(C#N)cc3)c(=O)c2c1C. The molecule has 5 nitrogen and oxygen atoms in total. The van der Waals surface area contributed by atoms with Crippen molar-refractivity contribution in [3.8, 4) is 6.07 Å². The van der Waals surface area contributed by atoms with Gasteiger partial charge in [0.05, 0.1) is 23.2 Å². The first-order chi connectivity index (χ1) is 10.6. The number of nitrogens with zero attached hydrogens (tertiary/aromatic N) is 4. The zero-order valence-electron chi connectivity index (χ0n) is 12.1. The minimum Gasteiger partial charge on any atom is -0.267 e. The number of fused-ring (bicyclic) bond motifs is 1. The lowest BCUT2D eigenvalue weighted by Crippen LogP contribution is -2.16. The summed E-state index contributed by atoms with van der Waals surface area (Å²) in [5.74, 6) is 0. The van der Waals surface area contributed by atoms with Crippen LogP contribution in [-0.2, 0) is 0 Å². The predicted molar refractivity (Wildman–Crippen MR) is 87.5 cm³/mol. The van der Waals surface area contributed by atoms with Gasteiger partial charge in [0.15, 0.2) is 0 Å². The van der Waals surface area contributed by atoms with E-state index in [2.05, 4.69) is 16.2 Å². The van der Waals surface area contributed by atoms with Gasteiger partial charge in [0.2, 0.25) is 0 Å². The molecule has 0 saturated heterocycles. The fourth-order valence-corrected chi connectivity index (χ4v) is 3.07. The van der Waals surface area contributed by atoms with Crippen molar-refractivity contribution < 1.29 is 0 Å². The van der Waals surface area contributed by atoms with Gasteiger partial charge in [-0.2, -0.15) is 15.0 Å². The lowest BCUT2D eigenvalue weighted by atomic mass is 10.2. The minimum absolute atomic E-state index is 0.170. The molecule has 0 aliphatic carbocycles. The van der Waals surface area contributed by atoms with E-state index in [-0.39, 0.29) is 5.56 Å². The summed E-state index contributed by atoms with van der Waals surface area (Å²) >= 11 is 1.51. The first kappa shape index (κ1) is 14.2. The molecule has 1 aromatic carbocycles. The molecule has 0 aliphatic heterocycles. The highest BCUT2D eigenvalue weighted by atomic mass is 32.1. The lowest BCUT2D eigenvalue weighted by molar-refractivity contribution is 0.818. The fraction of sp³-hybridized carbons (Fsp3) is 0.125. The van der Waals surface area contributed by atoms with Crippen LogP contribution in [0.2, 0.25) is 0 Å². The standard InChI is InChI=1S/C16H12N4OS/c1-10-11(2)22-15-14(10)16(21)20(9-18-15)19-8-13-5-3-12(7-17)4-6-13/h3-6,8-9H,1-2H3/b19-8+. The summed E-state index contributed by atoms with van der Waals surface area (Å²) in [6, 6.07) is 9.02. The largest absolute Gasteiger partial charge is 0.282 e. The van der Waals surface area contributed by atoms with Gasteiger partial charge in [0.25, 0.3) is 5.56 Å².